The minimum atomic E-state index is -0.361. The van der Waals surface area contributed by atoms with E-state index in [0.29, 0.717) is 11.5 Å². The summed E-state index contributed by atoms with van der Waals surface area (Å²) >= 11 is 3.35. The van der Waals surface area contributed by atoms with E-state index in [1.54, 1.807) is 22.7 Å². The van der Waals surface area contributed by atoms with Crippen LogP contribution in [0.1, 0.15) is 48.2 Å². The van der Waals surface area contributed by atoms with Crippen molar-refractivity contribution in [1.29, 1.82) is 0 Å². The Balaban J connectivity index is 1.72. The van der Waals surface area contributed by atoms with Gasteiger partial charge in [-0.25, -0.2) is 4.98 Å². The van der Waals surface area contributed by atoms with Crippen molar-refractivity contribution in [2.45, 2.75) is 45.6 Å². The lowest BCUT2D eigenvalue weighted by atomic mass is 9.89. The van der Waals surface area contributed by atoms with Crippen molar-refractivity contribution in [1.82, 2.24) is 9.55 Å². The van der Waals surface area contributed by atoms with Gasteiger partial charge in [0.05, 0.1) is 21.8 Å². The molecule has 4 rings (SSSR count). The van der Waals surface area contributed by atoms with E-state index in [1.165, 1.54) is 37.0 Å². The third-order valence-electron chi connectivity index (χ3n) is 5.30. The first kappa shape index (κ1) is 17.5. The minimum Gasteiger partial charge on any atom is -0.366 e. The zero-order valence-corrected chi connectivity index (χ0v) is 16.5. The van der Waals surface area contributed by atoms with Gasteiger partial charge in [0.15, 0.2) is 0 Å². The van der Waals surface area contributed by atoms with E-state index in [9.17, 15) is 4.79 Å². The fourth-order valence-electron chi connectivity index (χ4n) is 3.87. The van der Waals surface area contributed by atoms with Gasteiger partial charge in [-0.3, -0.25) is 4.79 Å². The molecule has 0 aromatic carbocycles. The summed E-state index contributed by atoms with van der Waals surface area (Å²) in [4.78, 5) is 17.9. The quantitative estimate of drug-likeness (QED) is 0.645. The summed E-state index contributed by atoms with van der Waals surface area (Å²) in [5.74, 6) is 0.310. The van der Waals surface area contributed by atoms with Gasteiger partial charge in [0.1, 0.15) is 5.01 Å². The van der Waals surface area contributed by atoms with Crippen LogP contribution in [-0.2, 0) is 6.54 Å². The van der Waals surface area contributed by atoms with Gasteiger partial charge in [0.2, 0.25) is 0 Å². The first-order valence-corrected chi connectivity index (χ1v) is 10.9. The van der Waals surface area contributed by atoms with Crippen molar-refractivity contribution in [3.8, 4) is 21.3 Å². The molecule has 26 heavy (non-hydrogen) atoms. The molecule has 3 aromatic heterocycles. The first-order valence-electron chi connectivity index (χ1n) is 9.13. The number of nitrogens with zero attached hydrogens (tertiary/aromatic N) is 2. The largest absolute Gasteiger partial charge is 0.366 e. The summed E-state index contributed by atoms with van der Waals surface area (Å²) < 4.78 is 2.27. The molecule has 3 heterocycles. The first-order chi connectivity index (χ1) is 12.6. The maximum atomic E-state index is 11.9. The zero-order valence-electron chi connectivity index (χ0n) is 14.9. The number of primary amides is 1. The number of amides is 1. The van der Waals surface area contributed by atoms with Crippen LogP contribution in [0.3, 0.4) is 0 Å². The van der Waals surface area contributed by atoms with Gasteiger partial charge in [0, 0.05) is 17.6 Å². The molecule has 1 aliphatic rings. The number of aromatic nitrogens is 2. The molecule has 0 atom stereocenters. The maximum Gasteiger partial charge on any atom is 0.250 e. The molecule has 1 saturated carbocycles. The lowest BCUT2D eigenvalue weighted by Crippen LogP contribution is -2.17. The fourth-order valence-corrected chi connectivity index (χ4v) is 5.50. The fraction of sp³-hybridized carbons (Fsp3) is 0.400. The van der Waals surface area contributed by atoms with Crippen molar-refractivity contribution in [2.24, 2.45) is 11.7 Å². The molecule has 3 aromatic rings. The number of carbonyl (C=O) groups excluding carboxylic acids is 1. The number of carbonyl (C=O) groups is 1. The summed E-state index contributed by atoms with van der Waals surface area (Å²) in [5.41, 5.74) is 9.15. The Morgan fingerprint density at radius 1 is 1.31 bits per heavy atom. The van der Waals surface area contributed by atoms with Crippen LogP contribution in [0.2, 0.25) is 0 Å². The summed E-state index contributed by atoms with van der Waals surface area (Å²) in [7, 11) is 0. The highest BCUT2D eigenvalue weighted by Gasteiger charge is 2.22. The highest BCUT2D eigenvalue weighted by Crippen LogP contribution is 2.35. The molecule has 136 valence electrons. The topological polar surface area (TPSA) is 60.9 Å². The number of thiazole rings is 1. The zero-order chi connectivity index (χ0) is 18.1. The monoisotopic (exact) mass is 385 g/mol. The summed E-state index contributed by atoms with van der Waals surface area (Å²) in [6.45, 7) is 2.94. The van der Waals surface area contributed by atoms with E-state index in [2.05, 4.69) is 21.4 Å². The summed E-state index contributed by atoms with van der Waals surface area (Å²) in [5, 5.41) is 5.18. The lowest BCUT2D eigenvalue weighted by Gasteiger charge is -2.24. The van der Waals surface area contributed by atoms with Crippen LogP contribution in [0.15, 0.2) is 29.0 Å². The Bertz CT molecular complexity index is 902. The van der Waals surface area contributed by atoms with Crippen LogP contribution in [0.4, 0.5) is 0 Å². The Morgan fingerprint density at radius 3 is 2.81 bits per heavy atom. The molecule has 0 aliphatic heterocycles. The highest BCUT2D eigenvalue weighted by molar-refractivity contribution is 7.20. The second-order valence-corrected chi connectivity index (χ2v) is 8.83. The number of rotatable bonds is 5. The van der Waals surface area contributed by atoms with Crippen LogP contribution >= 0.6 is 22.7 Å². The standard InChI is InChI=1S/C20H23N3OS2/c1-13-15(19(21)24)10-17(23(13)11-14-6-3-2-4-7-14)16-12-26-20(22-16)18-8-5-9-25-18/h5,8-10,12,14H,2-4,6-7,11H2,1H3,(H2,21,24). The average Bonchev–Trinajstić information content (AvgIpc) is 3.36. The molecular formula is C20H23N3OS2. The molecule has 1 aliphatic carbocycles. The molecule has 0 unspecified atom stereocenters. The third-order valence-corrected chi connectivity index (χ3v) is 7.18. The normalized spacial score (nSPS) is 15.4. The SMILES string of the molecule is Cc1c(C(N)=O)cc(-c2csc(-c3cccs3)n2)n1CC1CCCCC1. The van der Waals surface area contributed by atoms with Crippen molar-refractivity contribution in [3.05, 3.63) is 40.2 Å². The molecular weight excluding hydrogens is 362 g/mol. The number of nitrogens with two attached hydrogens (primary N) is 1. The molecule has 4 nitrogen and oxygen atoms in total. The van der Waals surface area contributed by atoms with Gasteiger partial charge in [-0.2, -0.15) is 0 Å². The number of thiophene rings is 1. The van der Waals surface area contributed by atoms with E-state index < -0.39 is 0 Å². The van der Waals surface area contributed by atoms with E-state index in [4.69, 9.17) is 10.7 Å². The number of hydrogen-bond acceptors (Lipinski definition) is 4. The molecule has 0 saturated heterocycles. The van der Waals surface area contributed by atoms with Crippen LogP contribution < -0.4 is 5.73 Å². The van der Waals surface area contributed by atoms with Crippen LogP contribution in [0.5, 0.6) is 0 Å². The molecule has 2 N–H and O–H groups in total. The summed E-state index contributed by atoms with van der Waals surface area (Å²) in [6.07, 6.45) is 6.49. The van der Waals surface area contributed by atoms with Gasteiger partial charge in [0.25, 0.3) is 5.91 Å². The molecule has 0 bridgehead atoms. The third kappa shape index (κ3) is 3.35. The predicted octanol–water partition coefficient (Wildman–Crippen LogP) is 5.33. The Labute approximate surface area is 161 Å². The predicted molar refractivity (Wildman–Crippen MR) is 109 cm³/mol. The maximum absolute atomic E-state index is 11.9. The second-order valence-electron chi connectivity index (χ2n) is 7.02. The molecule has 6 heteroatoms. The van der Waals surface area contributed by atoms with E-state index in [0.717, 1.165) is 28.6 Å². The van der Waals surface area contributed by atoms with Gasteiger partial charge in [-0.1, -0.05) is 25.3 Å². The van der Waals surface area contributed by atoms with Crippen molar-refractivity contribution < 1.29 is 4.79 Å². The van der Waals surface area contributed by atoms with Crippen LogP contribution in [0.25, 0.3) is 21.3 Å². The average molecular weight is 386 g/mol. The minimum absolute atomic E-state index is 0.361. The van der Waals surface area contributed by atoms with Crippen molar-refractivity contribution in [2.75, 3.05) is 0 Å². The second kappa shape index (κ2) is 7.37. The highest BCUT2D eigenvalue weighted by atomic mass is 32.1. The van der Waals surface area contributed by atoms with Gasteiger partial charge >= 0.3 is 0 Å². The Morgan fingerprint density at radius 2 is 2.12 bits per heavy atom. The van der Waals surface area contributed by atoms with Gasteiger partial charge in [-0.05, 0) is 43.2 Å². The van der Waals surface area contributed by atoms with Gasteiger partial charge < -0.3 is 10.3 Å². The van der Waals surface area contributed by atoms with Crippen molar-refractivity contribution >= 4 is 28.6 Å². The molecule has 0 spiro atoms. The van der Waals surface area contributed by atoms with E-state index in [1.807, 2.05) is 19.1 Å². The smallest absolute Gasteiger partial charge is 0.250 e. The van der Waals surface area contributed by atoms with Gasteiger partial charge in [-0.15, -0.1) is 22.7 Å². The molecule has 1 fully saturated rings. The van der Waals surface area contributed by atoms with Crippen LogP contribution in [0, 0.1) is 12.8 Å². The van der Waals surface area contributed by atoms with E-state index in [-0.39, 0.29) is 5.91 Å². The Kier molecular flexibility index (Phi) is 4.96. The Hall–Kier alpha value is -1.92. The summed E-state index contributed by atoms with van der Waals surface area (Å²) in [6, 6.07) is 6.06. The van der Waals surface area contributed by atoms with Crippen molar-refractivity contribution in [3.63, 3.8) is 0 Å². The number of hydrogen-bond donors (Lipinski definition) is 1. The van der Waals surface area contributed by atoms with E-state index >= 15 is 0 Å². The molecule has 0 radical (unpaired) electrons. The van der Waals surface area contributed by atoms with Crippen LogP contribution in [-0.4, -0.2) is 15.5 Å². The molecule has 1 amide bonds. The lowest BCUT2D eigenvalue weighted by molar-refractivity contribution is 0.0999.